The van der Waals surface area contributed by atoms with Crippen molar-refractivity contribution in [2.45, 2.75) is 51.7 Å². The number of rotatable bonds is 7. The van der Waals surface area contributed by atoms with Crippen LogP contribution in [0, 0.1) is 0 Å². The van der Waals surface area contributed by atoms with Crippen LogP contribution in [0.1, 0.15) is 39.5 Å². The summed E-state index contributed by atoms with van der Waals surface area (Å²) in [5.41, 5.74) is 0. The number of carboxylic acid groups (broad SMARTS) is 1. The molecule has 110 valence electrons. The molecule has 0 bridgehead atoms. The average Bonchev–Trinajstić information content (AvgIpc) is 2.82. The van der Waals surface area contributed by atoms with Gasteiger partial charge in [-0.15, -0.1) is 0 Å². The van der Waals surface area contributed by atoms with Crippen molar-refractivity contribution in [3.8, 4) is 0 Å². The maximum absolute atomic E-state index is 11.8. The number of aliphatic carboxylic acids is 1. The molecule has 1 atom stereocenters. The number of carbonyl (C=O) groups is 2. The zero-order valence-electron chi connectivity index (χ0n) is 11.7. The maximum Gasteiger partial charge on any atom is 0.326 e. The molecule has 2 amide bonds. The lowest BCUT2D eigenvalue weighted by Crippen LogP contribution is -2.46. The third kappa shape index (κ3) is 5.46. The van der Waals surface area contributed by atoms with Crippen LogP contribution in [0.3, 0.4) is 0 Å². The van der Waals surface area contributed by atoms with Gasteiger partial charge in [0.25, 0.3) is 0 Å². The summed E-state index contributed by atoms with van der Waals surface area (Å²) < 4.78 is 5.40. The summed E-state index contributed by atoms with van der Waals surface area (Å²) in [7, 11) is 0. The fraction of sp³-hybridized carbons (Fsp3) is 0.846. The lowest BCUT2D eigenvalue weighted by molar-refractivity contribution is -0.141. The number of unbranched alkanes of at least 4 members (excludes halogenated alkanes) is 1. The van der Waals surface area contributed by atoms with Crippen LogP contribution >= 0.6 is 0 Å². The van der Waals surface area contributed by atoms with Crippen molar-refractivity contribution in [3.63, 3.8) is 0 Å². The van der Waals surface area contributed by atoms with Crippen LogP contribution in [-0.4, -0.2) is 53.8 Å². The van der Waals surface area contributed by atoms with E-state index in [-0.39, 0.29) is 12.1 Å². The van der Waals surface area contributed by atoms with Gasteiger partial charge in [-0.05, 0) is 39.5 Å². The number of nitrogens with zero attached hydrogens (tertiary/aromatic N) is 1. The second kappa shape index (κ2) is 7.99. The number of carbonyl (C=O) groups excluding carboxylic acids is 1. The van der Waals surface area contributed by atoms with Crippen LogP contribution < -0.4 is 5.32 Å². The molecule has 1 rings (SSSR count). The summed E-state index contributed by atoms with van der Waals surface area (Å²) >= 11 is 0. The van der Waals surface area contributed by atoms with E-state index in [0.717, 1.165) is 19.3 Å². The second-order valence-electron chi connectivity index (χ2n) is 5.05. The largest absolute Gasteiger partial charge is 0.480 e. The van der Waals surface area contributed by atoms with E-state index in [2.05, 4.69) is 5.32 Å². The van der Waals surface area contributed by atoms with E-state index in [4.69, 9.17) is 9.84 Å². The Bertz CT molecular complexity index is 307. The highest BCUT2D eigenvalue weighted by Gasteiger charge is 2.33. The first kappa shape index (κ1) is 15.8. The van der Waals surface area contributed by atoms with Gasteiger partial charge in [-0.3, -0.25) is 0 Å². The summed E-state index contributed by atoms with van der Waals surface area (Å²) in [6.07, 6.45) is 3.26. The van der Waals surface area contributed by atoms with Crippen molar-refractivity contribution in [1.82, 2.24) is 10.2 Å². The van der Waals surface area contributed by atoms with Gasteiger partial charge in [-0.2, -0.15) is 0 Å². The molecule has 0 unspecified atom stereocenters. The van der Waals surface area contributed by atoms with Gasteiger partial charge in [0, 0.05) is 19.7 Å². The predicted molar refractivity (Wildman–Crippen MR) is 71.1 cm³/mol. The first-order chi connectivity index (χ1) is 9.02. The van der Waals surface area contributed by atoms with Crippen molar-refractivity contribution < 1.29 is 19.4 Å². The molecular weight excluding hydrogens is 248 g/mol. The Hall–Kier alpha value is -1.30. The molecule has 6 nitrogen and oxygen atoms in total. The fourth-order valence-electron chi connectivity index (χ4n) is 2.11. The standard InChI is InChI=1S/C13H24N2O4/c1-10(2)19-9-4-3-7-14-13(18)15-8-5-6-11(15)12(16)17/h10-11H,3-9H2,1-2H3,(H,14,18)(H,16,17)/t11-/m1/s1. The number of nitrogens with one attached hydrogen (secondary N) is 1. The van der Waals surface area contributed by atoms with Gasteiger partial charge >= 0.3 is 12.0 Å². The van der Waals surface area contributed by atoms with E-state index in [1.54, 1.807) is 0 Å². The zero-order chi connectivity index (χ0) is 14.3. The fourth-order valence-corrected chi connectivity index (χ4v) is 2.11. The number of amides is 2. The van der Waals surface area contributed by atoms with Crippen molar-refractivity contribution >= 4 is 12.0 Å². The monoisotopic (exact) mass is 272 g/mol. The molecule has 2 N–H and O–H groups in total. The number of hydrogen-bond acceptors (Lipinski definition) is 3. The number of likely N-dealkylation sites (tertiary alicyclic amines) is 1. The second-order valence-corrected chi connectivity index (χ2v) is 5.05. The van der Waals surface area contributed by atoms with Crippen molar-refractivity contribution in [3.05, 3.63) is 0 Å². The molecule has 6 heteroatoms. The minimum atomic E-state index is -0.919. The van der Waals surface area contributed by atoms with Gasteiger partial charge in [-0.1, -0.05) is 0 Å². The molecule has 1 fully saturated rings. The minimum absolute atomic E-state index is 0.232. The van der Waals surface area contributed by atoms with Crippen LogP contribution in [0.5, 0.6) is 0 Å². The smallest absolute Gasteiger partial charge is 0.326 e. The third-order valence-corrected chi connectivity index (χ3v) is 3.10. The number of hydrogen-bond donors (Lipinski definition) is 2. The van der Waals surface area contributed by atoms with Crippen LogP contribution in [0.15, 0.2) is 0 Å². The summed E-state index contributed by atoms with van der Waals surface area (Å²) in [4.78, 5) is 24.2. The van der Waals surface area contributed by atoms with Crippen LogP contribution in [0.2, 0.25) is 0 Å². The quantitative estimate of drug-likeness (QED) is 0.688. The zero-order valence-corrected chi connectivity index (χ0v) is 11.7. The molecule has 0 spiro atoms. The van der Waals surface area contributed by atoms with E-state index in [9.17, 15) is 9.59 Å². The molecule has 0 radical (unpaired) electrons. The highest BCUT2D eigenvalue weighted by Crippen LogP contribution is 2.17. The molecular formula is C13H24N2O4. The highest BCUT2D eigenvalue weighted by atomic mass is 16.5. The Balaban J connectivity index is 2.15. The Labute approximate surface area is 114 Å². The van der Waals surface area contributed by atoms with Gasteiger partial charge < -0.3 is 20.1 Å². The van der Waals surface area contributed by atoms with Crippen molar-refractivity contribution in [2.75, 3.05) is 19.7 Å². The van der Waals surface area contributed by atoms with Gasteiger partial charge in [0.05, 0.1) is 6.10 Å². The van der Waals surface area contributed by atoms with E-state index < -0.39 is 12.0 Å². The summed E-state index contributed by atoms with van der Waals surface area (Å²) in [6, 6.07) is -0.932. The SMILES string of the molecule is CC(C)OCCCCNC(=O)N1CCC[C@@H]1C(=O)O. The molecule has 19 heavy (non-hydrogen) atoms. The molecule has 1 heterocycles. The highest BCUT2D eigenvalue weighted by molar-refractivity contribution is 5.83. The van der Waals surface area contributed by atoms with Gasteiger partial charge in [-0.25, -0.2) is 9.59 Å². The normalized spacial score (nSPS) is 18.9. The lowest BCUT2D eigenvalue weighted by Gasteiger charge is -2.21. The molecule has 1 aliphatic heterocycles. The number of ether oxygens (including phenoxy) is 1. The minimum Gasteiger partial charge on any atom is -0.480 e. The summed E-state index contributed by atoms with van der Waals surface area (Å²) in [6.45, 7) is 5.75. The molecule has 1 aliphatic rings. The Morgan fingerprint density at radius 1 is 1.42 bits per heavy atom. The first-order valence-electron chi connectivity index (χ1n) is 6.91. The average molecular weight is 272 g/mol. The van der Waals surface area contributed by atoms with Gasteiger partial charge in [0.2, 0.25) is 0 Å². The van der Waals surface area contributed by atoms with E-state index in [1.165, 1.54) is 4.90 Å². The van der Waals surface area contributed by atoms with Crippen LogP contribution in [-0.2, 0) is 9.53 Å². The topological polar surface area (TPSA) is 78.9 Å². The van der Waals surface area contributed by atoms with Crippen molar-refractivity contribution in [1.29, 1.82) is 0 Å². The predicted octanol–water partition coefficient (Wildman–Crippen LogP) is 1.45. The molecule has 0 aliphatic carbocycles. The lowest BCUT2D eigenvalue weighted by atomic mass is 10.2. The van der Waals surface area contributed by atoms with Gasteiger partial charge in [0.15, 0.2) is 0 Å². The molecule has 0 aromatic rings. The third-order valence-electron chi connectivity index (χ3n) is 3.10. The summed E-state index contributed by atoms with van der Waals surface area (Å²) in [5, 5.41) is 11.8. The maximum atomic E-state index is 11.8. The Morgan fingerprint density at radius 3 is 2.79 bits per heavy atom. The molecule has 0 saturated carbocycles. The molecule has 0 aromatic heterocycles. The van der Waals surface area contributed by atoms with Crippen molar-refractivity contribution in [2.24, 2.45) is 0 Å². The Kier molecular flexibility index (Phi) is 6.62. The van der Waals surface area contributed by atoms with Crippen LogP contribution in [0.25, 0.3) is 0 Å². The van der Waals surface area contributed by atoms with Crippen LogP contribution in [0.4, 0.5) is 4.79 Å². The molecule has 0 aromatic carbocycles. The van der Waals surface area contributed by atoms with E-state index in [1.807, 2.05) is 13.8 Å². The van der Waals surface area contributed by atoms with E-state index >= 15 is 0 Å². The molecule has 1 saturated heterocycles. The number of urea groups is 1. The van der Waals surface area contributed by atoms with Gasteiger partial charge in [0.1, 0.15) is 6.04 Å². The summed E-state index contributed by atoms with van der Waals surface area (Å²) in [5.74, 6) is -0.919. The first-order valence-corrected chi connectivity index (χ1v) is 6.91. The van der Waals surface area contributed by atoms with E-state index in [0.29, 0.717) is 26.1 Å². The number of carboxylic acids is 1. The Morgan fingerprint density at radius 2 is 2.16 bits per heavy atom.